The molecule has 12 rings (SSSR count). The SMILES string of the molecule is CCO[SiH]1C[Si]2(C)O[SiH]3O[Si]4(C)O[Si](C)(O)O[Si](C)(O)C[Si]5(C)O[Si](C)(O[Si](C)(O)O[Si](C)(O)C[Si](C)(O4)O[Si](C)(O3)O[Si](C)(O[Si](C)(O)O[Si](C)(O)O[Si](C)(OCC)O1)O2)O[Si]1(C)O[Si](C)(OCC)O[Si](C)(OCC)O[Si](C)(O5)O1.C[Si]12O[Si]3(C)O[Si]4(C)O[Si](C)(O1)O[Si]1(C)O[Si](C)(O2)O[Si](C)(O3)O[Si](C)(O4)O1. The molecule has 0 aromatic carbocycles. The number of hydrogen-bond acceptors (Lipinski definition) is 44. The molecule has 20 unspecified atom stereocenters. The molecular formula is C37H112O44Si28. The van der Waals surface area contributed by atoms with Gasteiger partial charge in [-0.15, -0.1) is 0 Å². The van der Waals surface area contributed by atoms with E-state index < -0.39 is 258 Å². The maximum Gasteiger partial charge on any atom is 0.482 e. The third-order valence-corrected chi connectivity index (χ3v) is 135. The van der Waals surface area contributed by atoms with Crippen LogP contribution in [0.1, 0.15) is 27.7 Å². The summed E-state index contributed by atoms with van der Waals surface area (Å²) in [6.07, 6.45) is 0. The van der Waals surface area contributed by atoms with Gasteiger partial charge in [-0.1, -0.05) is 0 Å². The molecule has 18 bridgehead atoms. The normalized spacial score (nSPS) is 57.8. The van der Waals surface area contributed by atoms with Gasteiger partial charge in [-0.05, 0) is 60.4 Å². The summed E-state index contributed by atoms with van der Waals surface area (Å²) in [6.45, 7) is 48.3. The van der Waals surface area contributed by atoms with E-state index in [2.05, 4.69) is 0 Å². The average Bonchev–Trinajstić information content (AvgIpc) is 0.702. The van der Waals surface area contributed by atoms with E-state index in [9.17, 15) is 28.8 Å². The van der Waals surface area contributed by atoms with Crippen LogP contribution in [0.3, 0.4) is 0 Å². The highest BCUT2D eigenvalue weighted by Gasteiger charge is 2.80. The Kier molecular flexibility index (Phi) is 27.3. The fourth-order valence-electron chi connectivity index (χ4n) is 15.6. The van der Waals surface area contributed by atoms with E-state index in [-0.39, 0.29) is 32.1 Å². The van der Waals surface area contributed by atoms with E-state index in [1.54, 1.807) is 132 Å². The van der Waals surface area contributed by atoms with Crippen LogP contribution in [0.25, 0.3) is 0 Å². The number of fused-ring (bicyclic) bond motifs is 10. The van der Waals surface area contributed by atoms with Crippen molar-refractivity contribution < 1.29 is 186 Å². The molecule has 12 fully saturated rings. The van der Waals surface area contributed by atoms with Crippen molar-refractivity contribution in [1.29, 1.82) is 0 Å². The Morgan fingerprint density at radius 1 is 0.229 bits per heavy atom. The van der Waals surface area contributed by atoms with E-state index >= 15 is 0 Å². The van der Waals surface area contributed by atoms with Crippen LogP contribution >= 0.6 is 0 Å². The smallest absolute Gasteiger partial charge is 0.411 e. The van der Waals surface area contributed by atoms with Gasteiger partial charge in [-0.25, -0.2) is 0 Å². The zero-order chi connectivity index (χ0) is 82.0. The minimum absolute atomic E-state index is 0.0202. The van der Waals surface area contributed by atoms with Gasteiger partial charge < -0.3 is 186 Å². The monoisotopic (exact) mass is 2040 g/mol. The molecule has 12 saturated heterocycles. The van der Waals surface area contributed by atoms with Crippen LogP contribution in [0.5, 0.6) is 0 Å². The van der Waals surface area contributed by atoms with Crippen molar-refractivity contribution in [3.05, 3.63) is 0 Å². The summed E-state index contributed by atoms with van der Waals surface area (Å²) in [5.74, 6) is 0. The summed E-state index contributed by atoms with van der Waals surface area (Å²) >= 11 is 0. The molecular weight excluding hydrogens is 1930 g/mol. The molecule has 0 radical (unpaired) electrons. The first-order valence-corrected chi connectivity index (χ1v) is 98.1. The van der Waals surface area contributed by atoms with Gasteiger partial charge in [0, 0.05) is 181 Å². The minimum atomic E-state index is -4.75. The highest BCUT2D eigenvalue weighted by Crippen LogP contribution is 2.50. The Hall–Kier alpha value is 4.31. The molecule has 12 aliphatic heterocycles. The molecule has 12 aliphatic rings. The lowest BCUT2D eigenvalue weighted by atomic mass is 10.9. The van der Waals surface area contributed by atoms with Gasteiger partial charge in [0.1, 0.15) is 0 Å². The standard InChI is InChI=1S/C29H88O32Si20.C8H24O12Si8/c1-23-36-62-27-66(7)41-63-42-76(17)47-67(8,48-77(18,43-63)59-78(19,46-66)55-72(13,35)51-71(12,34)52-73(14,40-62)37-24-2)28-64(5,30)45-70(11,33)54-79(20)49-68(9,29-65(6,31)44-69(10,32)53-76)50-80(21)57-74(15,38-25-3)56-75(16,39-26-4)58-81(22,60-79)61-80;1-21-9-22(2)12-25(5)14-23(3,10-21)16-27(7)17-24(4,11-21)15-26(6,13-22)19-28(8,18-25)20-27/h30-35,62-63H,23-29H2,1-22H3;1-8H3. The van der Waals surface area contributed by atoms with Crippen molar-refractivity contribution in [2.24, 2.45) is 0 Å². The highest BCUT2D eigenvalue weighted by atomic mass is 28.6. The van der Waals surface area contributed by atoms with Crippen molar-refractivity contribution >= 4 is 247 Å². The van der Waals surface area contributed by atoms with E-state index in [0.29, 0.717) is 0 Å². The second-order valence-corrected chi connectivity index (χ2v) is 114. The molecule has 12 heterocycles. The number of rotatable bonds is 8. The highest BCUT2D eigenvalue weighted by molar-refractivity contribution is 7.05. The van der Waals surface area contributed by atoms with Crippen LogP contribution in [0.15, 0.2) is 0 Å². The predicted molar refractivity (Wildman–Crippen MR) is 427 cm³/mol. The van der Waals surface area contributed by atoms with Crippen molar-refractivity contribution in [3.8, 4) is 0 Å². The second kappa shape index (κ2) is 31.2. The molecule has 44 nitrogen and oxygen atoms in total. The lowest BCUT2D eigenvalue weighted by molar-refractivity contribution is -0.0185. The van der Waals surface area contributed by atoms with Gasteiger partial charge in [-0.2, -0.15) is 0 Å². The van der Waals surface area contributed by atoms with Crippen molar-refractivity contribution in [3.63, 3.8) is 0 Å². The minimum Gasteiger partial charge on any atom is -0.411 e. The quantitative estimate of drug-likeness (QED) is 0.188. The van der Waals surface area contributed by atoms with Crippen LogP contribution < -0.4 is 0 Å². The summed E-state index contributed by atoms with van der Waals surface area (Å²) in [6, 6.07) is 0. The maximum absolute atomic E-state index is 12.7. The first-order valence-electron chi connectivity index (χ1n) is 35.4. The second-order valence-electron chi connectivity index (χ2n) is 30.6. The van der Waals surface area contributed by atoms with Crippen molar-refractivity contribution in [2.75, 3.05) is 26.4 Å². The van der Waals surface area contributed by atoms with Crippen LogP contribution in [-0.4, -0.2) is 302 Å². The molecule has 109 heavy (non-hydrogen) atoms. The number of hydrogen-bond donors (Lipinski definition) is 6. The van der Waals surface area contributed by atoms with Gasteiger partial charge in [-0.3, -0.25) is 0 Å². The van der Waals surface area contributed by atoms with Gasteiger partial charge >= 0.3 is 247 Å². The lowest BCUT2D eigenvalue weighted by Gasteiger charge is -2.60. The molecule has 6 N–H and O–H groups in total. The largest absolute Gasteiger partial charge is 0.482 e. The fraction of sp³-hybridized carbons (Fsp3) is 1.00. The Morgan fingerprint density at radius 2 is 0.477 bits per heavy atom. The lowest BCUT2D eigenvalue weighted by Crippen LogP contribution is -2.86. The molecule has 0 saturated carbocycles. The Morgan fingerprint density at radius 3 is 0.807 bits per heavy atom. The maximum atomic E-state index is 12.7. The first kappa shape index (κ1) is 95.5. The van der Waals surface area contributed by atoms with E-state index in [1.165, 1.54) is 65.5 Å². The van der Waals surface area contributed by atoms with Crippen LogP contribution in [-0.2, 0) is 158 Å². The van der Waals surface area contributed by atoms with Crippen LogP contribution in [0.2, 0.25) is 187 Å². The van der Waals surface area contributed by atoms with Crippen LogP contribution in [0.4, 0.5) is 0 Å². The third kappa shape index (κ3) is 24.5. The molecule has 0 spiro atoms. The van der Waals surface area contributed by atoms with Crippen molar-refractivity contribution in [1.82, 2.24) is 0 Å². The molecule has 0 aliphatic carbocycles. The predicted octanol–water partition coefficient (Wildman–Crippen LogP) is 1.64. The summed E-state index contributed by atoms with van der Waals surface area (Å²) in [4.78, 5) is 74.1. The van der Waals surface area contributed by atoms with Crippen molar-refractivity contribution in [2.45, 2.75) is 215 Å². The summed E-state index contributed by atoms with van der Waals surface area (Å²) < 4.78 is 249. The van der Waals surface area contributed by atoms with Gasteiger partial charge in [0.25, 0.3) is 0 Å². The van der Waals surface area contributed by atoms with E-state index in [1.807, 2.05) is 0 Å². The molecule has 72 heteroatoms. The van der Waals surface area contributed by atoms with E-state index in [0.717, 1.165) is 0 Å². The molecule has 0 aromatic heterocycles. The third-order valence-electron chi connectivity index (χ3n) is 16.1. The summed E-state index contributed by atoms with van der Waals surface area (Å²) in [5.41, 5.74) is -0.888. The Balaban J connectivity index is 0.000000372. The Labute approximate surface area is 668 Å². The topological polar surface area (TPSA) is 472 Å². The summed E-state index contributed by atoms with van der Waals surface area (Å²) in [5, 5.41) is 0. The summed E-state index contributed by atoms with van der Waals surface area (Å²) in [7, 11) is -112. The average molecular weight is 2050 g/mol. The van der Waals surface area contributed by atoms with Gasteiger partial charge in [0.2, 0.25) is 0 Å². The van der Waals surface area contributed by atoms with E-state index in [4.69, 9.17) is 158 Å². The zero-order valence-corrected chi connectivity index (χ0v) is 95.6. The Bertz CT molecular complexity index is 3070. The van der Waals surface area contributed by atoms with Crippen LogP contribution in [0, 0.1) is 0 Å². The molecule has 20 atom stereocenters. The zero-order valence-electron chi connectivity index (χ0n) is 67.3. The molecule has 636 valence electrons. The molecule has 0 amide bonds. The first-order chi connectivity index (χ1) is 48.7. The molecule has 0 aromatic rings. The van der Waals surface area contributed by atoms with Gasteiger partial charge in [0.05, 0.1) is 0 Å². The van der Waals surface area contributed by atoms with Gasteiger partial charge in [0.15, 0.2) is 0 Å². The fourth-order valence-corrected chi connectivity index (χ4v) is 162.